The molecule has 3 nitrogen and oxygen atoms in total. The Kier molecular flexibility index (Phi) is 6.81. The molecule has 5 heteroatoms. The van der Waals surface area contributed by atoms with E-state index >= 15 is 0 Å². The number of benzene rings is 2. The number of carbonyl (C=O) groups excluding carboxylic acids is 1. The molecule has 2 aromatic carbocycles. The van der Waals surface area contributed by atoms with Gasteiger partial charge in [-0.3, -0.25) is 4.79 Å². The van der Waals surface area contributed by atoms with E-state index < -0.39 is 0 Å². The van der Waals surface area contributed by atoms with Gasteiger partial charge >= 0.3 is 0 Å². The van der Waals surface area contributed by atoms with Crippen molar-refractivity contribution in [3.8, 4) is 0 Å². The quantitative estimate of drug-likeness (QED) is 0.761. The van der Waals surface area contributed by atoms with Crippen LogP contribution >= 0.6 is 23.4 Å². The smallest absolute Gasteiger partial charge is 0.221 e. The molecule has 0 aromatic heterocycles. The third-order valence-electron chi connectivity index (χ3n) is 3.35. The van der Waals surface area contributed by atoms with Crippen LogP contribution < -0.4 is 10.2 Å². The van der Waals surface area contributed by atoms with Crippen LogP contribution in [0.3, 0.4) is 0 Å². The molecule has 0 aliphatic heterocycles. The van der Waals surface area contributed by atoms with E-state index in [1.165, 1.54) is 0 Å². The highest BCUT2D eigenvalue weighted by Crippen LogP contribution is 2.20. The van der Waals surface area contributed by atoms with Crippen molar-refractivity contribution < 1.29 is 4.79 Å². The third-order valence-corrected chi connectivity index (χ3v) is 4.62. The minimum Gasteiger partial charge on any atom is -0.378 e. The van der Waals surface area contributed by atoms with Gasteiger partial charge in [0.15, 0.2) is 0 Å². The van der Waals surface area contributed by atoms with Crippen LogP contribution in [-0.4, -0.2) is 25.8 Å². The predicted octanol–water partition coefficient (Wildman–Crippen LogP) is 4.20. The molecule has 0 aliphatic carbocycles. The van der Waals surface area contributed by atoms with Crippen molar-refractivity contribution in [2.24, 2.45) is 0 Å². The van der Waals surface area contributed by atoms with Gasteiger partial charge in [0.05, 0.1) is 0 Å². The number of carbonyl (C=O) groups is 1. The van der Waals surface area contributed by atoms with E-state index in [-0.39, 0.29) is 5.91 Å². The molecule has 2 aromatic rings. The topological polar surface area (TPSA) is 32.3 Å². The lowest BCUT2D eigenvalue weighted by atomic mass is 10.2. The zero-order chi connectivity index (χ0) is 16.7. The van der Waals surface area contributed by atoms with Gasteiger partial charge in [-0.25, -0.2) is 0 Å². The Hall–Kier alpha value is -1.65. The Morgan fingerprint density at radius 3 is 2.35 bits per heavy atom. The first-order valence-electron chi connectivity index (χ1n) is 7.46. The summed E-state index contributed by atoms with van der Waals surface area (Å²) in [7, 11) is 4.02. The van der Waals surface area contributed by atoms with Crippen molar-refractivity contribution >= 4 is 35.0 Å². The first-order chi connectivity index (χ1) is 11.0. The average molecular weight is 349 g/mol. The molecule has 23 heavy (non-hydrogen) atoms. The summed E-state index contributed by atoms with van der Waals surface area (Å²) < 4.78 is 0. The van der Waals surface area contributed by atoms with Gasteiger partial charge < -0.3 is 10.2 Å². The molecular formula is C18H21ClN2OS. The fourth-order valence-electron chi connectivity index (χ4n) is 1.99. The maximum atomic E-state index is 11.9. The standard InChI is InChI=1S/C18H21ClN2OS/c1-21(2)16-7-3-14(4-8-16)13-20-18(22)11-12-23-17-9-5-15(19)6-10-17/h3-10H,11-13H2,1-2H3,(H,20,22). The maximum Gasteiger partial charge on any atom is 0.221 e. The van der Waals surface area contributed by atoms with E-state index in [2.05, 4.69) is 22.3 Å². The van der Waals surface area contributed by atoms with Crippen LogP contribution in [0.15, 0.2) is 53.4 Å². The second-order valence-electron chi connectivity index (χ2n) is 5.39. The van der Waals surface area contributed by atoms with Gasteiger partial charge in [0.2, 0.25) is 5.91 Å². The van der Waals surface area contributed by atoms with Crippen LogP contribution in [0.2, 0.25) is 5.02 Å². The van der Waals surface area contributed by atoms with E-state index in [1.807, 2.05) is 50.5 Å². The van der Waals surface area contributed by atoms with Gasteiger partial charge in [0.25, 0.3) is 0 Å². The maximum absolute atomic E-state index is 11.9. The number of nitrogens with one attached hydrogen (secondary N) is 1. The second-order valence-corrected chi connectivity index (χ2v) is 6.99. The Morgan fingerprint density at radius 1 is 1.09 bits per heavy atom. The number of anilines is 1. The van der Waals surface area contributed by atoms with E-state index in [9.17, 15) is 4.79 Å². The summed E-state index contributed by atoms with van der Waals surface area (Å²) in [6.07, 6.45) is 0.503. The molecule has 0 unspecified atom stereocenters. The largest absolute Gasteiger partial charge is 0.378 e. The first kappa shape index (κ1) is 17.7. The number of nitrogens with zero attached hydrogens (tertiary/aromatic N) is 1. The summed E-state index contributed by atoms with van der Waals surface area (Å²) in [5, 5.41) is 3.69. The van der Waals surface area contributed by atoms with Crippen molar-refractivity contribution in [1.29, 1.82) is 0 Å². The number of amides is 1. The molecule has 0 saturated carbocycles. The summed E-state index contributed by atoms with van der Waals surface area (Å²) in [4.78, 5) is 15.1. The first-order valence-corrected chi connectivity index (χ1v) is 8.82. The number of hydrogen-bond donors (Lipinski definition) is 1. The number of thioether (sulfide) groups is 1. The van der Waals surface area contributed by atoms with E-state index in [1.54, 1.807) is 11.8 Å². The Labute approximate surface area is 147 Å². The highest BCUT2D eigenvalue weighted by Gasteiger charge is 2.03. The SMILES string of the molecule is CN(C)c1ccc(CNC(=O)CCSc2ccc(Cl)cc2)cc1. The van der Waals surface area contributed by atoms with Crippen LogP contribution in [0.5, 0.6) is 0 Å². The zero-order valence-corrected chi connectivity index (χ0v) is 15.0. The van der Waals surface area contributed by atoms with Gasteiger partial charge in [0.1, 0.15) is 0 Å². The van der Waals surface area contributed by atoms with E-state index in [4.69, 9.17) is 11.6 Å². The molecular weight excluding hydrogens is 328 g/mol. The minimum absolute atomic E-state index is 0.0724. The molecule has 0 heterocycles. The lowest BCUT2D eigenvalue weighted by molar-refractivity contribution is -0.120. The highest BCUT2D eigenvalue weighted by molar-refractivity contribution is 7.99. The summed E-state index contributed by atoms with van der Waals surface area (Å²) in [6.45, 7) is 0.568. The van der Waals surface area contributed by atoms with Crippen LogP contribution in [0.25, 0.3) is 0 Å². The molecule has 0 fully saturated rings. The molecule has 122 valence electrons. The lowest BCUT2D eigenvalue weighted by Crippen LogP contribution is -2.23. The van der Waals surface area contributed by atoms with Gasteiger partial charge in [-0.1, -0.05) is 23.7 Å². The van der Waals surface area contributed by atoms with Crippen molar-refractivity contribution in [2.45, 2.75) is 17.9 Å². The summed E-state index contributed by atoms with van der Waals surface area (Å²) in [6, 6.07) is 15.9. The fraction of sp³-hybridized carbons (Fsp3) is 0.278. The molecule has 2 rings (SSSR count). The monoisotopic (exact) mass is 348 g/mol. The van der Waals surface area contributed by atoms with Crippen LogP contribution in [0.4, 0.5) is 5.69 Å². The van der Waals surface area contributed by atoms with Gasteiger partial charge in [0, 0.05) is 48.4 Å². The number of rotatable bonds is 7. The Bertz CT molecular complexity index is 626. The molecule has 0 radical (unpaired) electrons. The van der Waals surface area contributed by atoms with Crippen molar-refractivity contribution in [2.75, 3.05) is 24.7 Å². The summed E-state index contributed by atoms with van der Waals surface area (Å²) in [5.74, 6) is 0.829. The predicted molar refractivity (Wildman–Crippen MR) is 99.4 cm³/mol. The Balaban J connectivity index is 1.69. The minimum atomic E-state index is 0.0724. The second kappa shape index (κ2) is 8.85. The Morgan fingerprint density at radius 2 is 1.74 bits per heavy atom. The van der Waals surface area contributed by atoms with Crippen molar-refractivity contribution in [3.63, 3.8) is 0 Å². The molecule has 0 aliphatic rings. The van der Waals surface area contributed by atoms with E-state index in [0.29, 0.717) is 13.0 Å². The molecule has 0 atom stereocenters. The van der Waals surface area contributed by atoms with Crippen LogP contribution in [-0.2, 0) is 11.3 Å². The van der Waals surface area contributed by atoms with Gasteiger partial charge in [-0.05, 0) is 42.0 Å². The van der Waals surface area contributed by atoms with Crippen LogP contribution in [0.1, 0.15) is 12.0 Å². The van der Waals surface area contributed by atoms with Gasteiger partial charge in [-0.2, -0.15) is 0 Å². The number of halogens is 1. The molecule has 0 bridgehead atoms. The average Bonchev–Trinajstić information content (AvgIpc) is 2.55. The summed E-state index contributed by atoms with van der Waals surface area (Å²) >= 11 is 7.51. The summed E-state index contributed by atoms with van der Waals surface area (Å²) in [5.41, 5.74) is 2.26. The fourth-order valence-corrected chi connectivity index (χ4v) is 2.97. The van der Waals surface area contributed by atoms with Crippen molar-refractivity contribution in [3.05, 3.63) is 59.1 Å². The highest BCUT2D eigenvalue weighted by atomic mass is 35.5. The van der Waals surface area contributed by atoms with Crippen molar-refractivity contribution in [1.82, 2.24) is 5.32 Å². The van der Waals surface area contributed by atoms with E-state index in [0.717, 1.165) is 26.9 Å². The normalized spacial score (nSPS) is 10.4. The molecule has 1 amide bonds. The molecule has 1 N–H and O–H groups in total. The molecule has 0 saturated heterocycles. The third kappa shape index (κ3) is 6.16. The lowest BCUT2D eigenvalue weighted by Gasteiger charge is -2.13. The number of hydrogen-bond acceptors (Lipinski definition) is 3. The van der Waals surface area contributed by atoms with Crippen LogP contribution in [0, 0.1) is 0 Å². The molecule has 0 spiro atoms. The zero-order valence-electron chi connectivity index (χ0n) is 13.4. The van der Waals surface area contributed by atoms with Gasteiger partial charge in [-0.15, -0.1) is 11.8 Å².